The van der Waals surface area contributed by atoms with Crippen LogP contribution in [-0.2, 0) is 11.3 Å². The van der Waals surface area contributed by atoms with Crippen molar-refractivity contribution in [3.63, 3.8) is 0 Å². The number of anilines is 1. The van der Waals surface area contributed by atoms with Gasteiger partial charge in [0, 0.05) is 23.6 Å². The number of ether oxygens (including phenoxy) is 3. The van der Waals surface area contributed by atoms with Gasteiger partial charge in [0.05, 0.1) is 20.8 Å². The average Bonchev–Trinajstić information content (AvgIpc) is 3.26. The molecule has 0 bridgehead atoms. The molecule has 3 aromatic rings. The Hall–Kier alpha value is -4.01. The van der Waals surface area contributed by atoms with Crippen LogP contribution in [0.3, 0.4) is 0 Å². The van der Waals surface area contributed by atoms with Crippen molar-refractivity contribution >= 4 is 17.5 Å². The van der Waals surface area contributed by atoms with Crippen LogP contribution in [0, 0.1) is 0 Å². The highest BCUT2D eigenvalue weighted by Crippen LogP contribution is 2.38. The first-order valence-corrected chi connectivity index (χ1v) is 9.05. The first-order valence-electron chi connectivity index (χ1n) is 9.05. The maximum Gasteiger partial charge on any atom is 0.255 e. The number of hydrogen-bond acceptors (Lipinski definition) is 6. The number of carbonyl (C=O) groups is 2. The second-order valence-electron chi connectivity index (χ2n) is 6.28. The van der Waals surface area contributed by atoms with Crippen molar-refractivity contribution in [1.82, 2.24) is 9.78 Å². The number of hydrogen-bond donors (Lipinski definition) is 2. The summed E-state index contributed by atoms with van der Waals surface area (Å²) in [6, 6.07) is 12.3. The lowest BCUT2D eigenvalue weighted by atomic mass is 10.1. The molecular formula is C21H22N4O5. The van der Waals surface area contributed by atoms with Gasteiger partial charge in [-0.1, -0.05) is 18.2 Å². The summed E-state index contributed by atoms with van der Waals surface area (Å²) in [7, 11) is 2.85. The van der Waals surface area contributed by atoms with E-state index >= 15 is 0 Å². The molecule has 0 saturated heterocycles. The van der Waals surface area contributed by atoms with Gasteiger partial charge in [-0.15, -0.1) is 0 Å². The first-order chi connectivity index (χ1) is 14.5. The summed E-state index contributed by atoms with van der Waals surface area (Å²) in [5.41, 5.74) is 6.98. The third-order valence-electron chi connectivity index (χ3n) is 4.24. The summed E-state index contributed by atoms with van der Waals surface area (Å²) in [5.74, 6) is -0.332. The topological polar surface area (TPSA) is 118 Å². The summed E-state index contributed by atoms with van der Waals surface area (Å²) in [4.78, 5) is 24.0. The van der Waals surface area contributed by atoms with Crippen molar-refractivity contribution in [3.8, 4) is 17.2 Å². The summed E-state index contributed by atoms with van der Waals surface area (Å²) in [6.45, 7) is 0.162. The standard InChI is InChI=1S/C21H22N4O5/c1-28-17-10-15(11-18(29-2)20(17)30-13-19(22)26)21(27)24-16-7-4-3-6-14(16)12-25-9-5-8-23-25/h3-11H,12-13H2,1-2H3,(H2,22,26)(H,24,27). The number of benzene rings is 2. The van der Waals surface area contributed by atoms with Crippen molar-refractivity contribution in [2.24, 2.45) is 5.73 Å². The van der Waals surface area contributed by atoms with E-state index < -0.39 is 5.91 Å². The van der Waals surface area contributed by atoms with Gasteiger partial charge in [0.1, 0.15) is 0 Å². The van der Waals surface area contributed by atoms with Crippen molar-refractivity contribution in [1.29, 1.82) is 0 Å². The number of para-hydroxylation sites is 1. The van der Waals surface area contributed by atoms with Crippen molar-refractivity contribution < 1.29 is 23.8 Å². The Morgan fingerprint density at radius 3 is 2.40 bits per heavy atom. The van der Waals surface area contributed by atoms with Crippen molar-refractivity contribution in [2.75, 3.05) is 26.1 Å². The normalized spacial score (nSPS) is 10.3. The number of aromatic nitrogens is 2. The Morgan fingerprint density at radius 2 is 1.80 bits per heavy atom. The van der Waals surface area contributed by atoms with Crippen LogP contribution in [0.4, 0.5) is 5.69 Å². The summed E-state index contributed by atoms with van der Waals surface area (Å²) in [5, 5.41) is 7.10. The number of carbonyl (C=O) groups excluding carboxylic acids is 2. The number of nitrogens with one attached hydrogen (secondary N) is 1. The molecule has 0 aliphatic heterocycles. The highest BCUT2D eigenvalue weighted by atomic mass is 16.5. The lowest BCUT2D eigenvalue weighted by molar-refractivity contribution is -0.120. The highest BCUT2D eigenvalue weighted by Gasteiger charge is 2.19. The fourth-order valence-corrected chi connectivity index (χ4v) is 2.84. The van der Waals surface area contributed by atoms with Gasteiger partial charge in [-0.25, -0.2) is 0 Å². The van der Waals surface area contributed by atoms with E-state index in [1.807, 2.05) is 36.5 Å². The molecule has 9 nitrogen and oxygen atoms in total. The van der Waals surface area contributed by atoms with Crippen LogP contribution in [0.1, 0.15) is 15.9 Å². The third-order valence-corrected chi connectivity index (χ3v) is 4.24. The monoisotopic (exact) mass is 410 g/mol. The number of methoxy groups -OCH3 is 2. The number of amides is 2. The van der Waals surface area contributed by atoms with Gasteiger partial charge in [0.15, 0.2) is 18.1 Å². The lowest BCUT2D eigenvalue weighted by Gasteiger charge is -2.16. The minimum absolute atomic E-state index is 0.189. The van der Waals surface area contributed by atoms with Crippen LogP contribution >= 0.6 is 0 Å². The fraction of sp³-hybridized carbons (Fsp3) is 0.190. The molecule has 0 atom stereocenters. The van der Waals surface area contributed by atoms with Gasteiger partial charge in [-0.05, 0) is 29.8 Å². The van der Waals surface area contributed by atoms with E-state index in [9.17, 15) is 9.59 Å². The zero-order chi connectivity index (χ0) is 21.5. The maximum absolute atomic E-state index is 12.9. The second-order valence-corrected chi connectivity index (χ2v) is 6.28. The Morgan fingerprint density at radius 1 is 1.10 bits per heavy atom. The number of rotatable bonds is 9. The molecule has 2 amide bonds. The third kappa shape index (κ3) is 4.88. The van der Waals surface area contributed by atoms with Gasteiger partial charge in [0.2, 0.25) is 5.75 Å². The Kier molecular flexibility index (Phi) is 6.53. The van der Waals surface area contributed by atoms with Crippen molar-refractivity contribution in [3.05, 3.63) is 66.0 Å². The molecule has 3 N–H and O–H groups in total. The molecule has 30 heavy (non-hydrogen) atoms. The minimum atomic E-state index is -0.644. The van der Waals surface area contributed by atoms with E-state index in [0.29, 0.717) is 17.8 Å². The lowest BCUT2D eigenvalue weighted by Crippen LogP contribution is -2.20. The first kappa shape index (κ1) is 20.7. The summed E-state index contributed by atoms with van der Waals surface area (Å²) in [6.07, 6.45) is 3.54. The van der Waals surface area contributed by atoms with E-state index in [1.165, 1.54) is 26.4 Å². The fourth-order valence-electron chi connectivity index (χ4n) is 2.84. The highest BCUT2D eigenvalue weighted by molar-refractivity contribution is 6.05. The molecule has 9 heteroatoms. The van der Waals surface area contributed by atoms with Crippen LogP contribution < -0.4 is 25.3 Å². The maximum atomic E-state index is 12.9. The molecule has 0 radical (unpaired) electrons. The van der Waals surface area contributed by atoms with Crippen LogP contribution in [0.5, 0.6) is 17.2 Å². The van der Waals surface area contributed by atoms with Gasteiger partial charge >= 0.3 is 0 Å². The molecule has 0 aliphatic carbocycles. The summed E-state index contributed by atoms with van der Waals surface area (Å²) < 4.78 is 17.8. The van der Waals surface area contributed by atoms with E-state index in [1.54, 1.807) is 10.9 Å². The molecule has 0 aliphatic rings. The molecule has 2 aromatic carbocycles. The van der Waals surface area contributed by atoms with Crippen molar-refractivity contribution in [2.45, 2.75) is 6.54 Å². The molecule has 0 spiro atoms. The number of nitrogens with zero attached hydrogens (tertiary/aromatic N) is 2. The van der Waals surface area contributed by atoms with E-state index in [4.69, 9.17) is 19.9 Å². The summed E-state index contributed by atoms with van der Waals surface area (Å²) >= 11 is 0. The van der Waals surface area contributed by atoms with Gasteiger partial charge in [-0.2, -0.15) is 5.10 Å². The SMILES string of the molecule is COc1cc(C(=O)Nc2ccccc2Cn2cccn2)cc(OC)c1OCC(N)=O. The largest absolute Gasteiger partial charge is 0.493 e. The molecule has 3 rings (SSSR count). The quantitative estimate of drug-likeness (QED) is 0.558. The zero-order valence-electron chi connectivity index (χ0n) is 16.6. The molecule has 1 aromatic heterocycles. The second kappa shape index (κ2) is 9.46. The van der Waals surface area contributed by atoms with E-state index in [2.05, 4.69) is 10.4 Å². The predicted molar refractivity (Wildman–Crippen MR) is 110 cm³/mol. The molecular weight excluding hydrogens is 388 g/mol. The van der Waals surface area contributed by atoms with Gasteiger partial charge in [-0.3, -0.25) is 14.3 Å². The van der Waals surface area contributed by atoms with Crippen LogP contribution in [0.25, 0.3) is 0 Å². The Labute approximate surface area is 173 Å². The van der Waals surface area contributed by atoms with Gasteiger partial charge < -0.3 is 25.3 Å². The van der Waals surface area contributed by atoms with Crippen LogP contribution in [0.15, 0.2) is 54.9 Å². The molecule has 1 heterocycles. The average molecular weight is 410 g/mol. The predicted octanol–water partition coefficient (Wildman–Crippen LogP) is 2.06. The number of primary amides is 1. The molecule has 0 saturated carbocycles. The Bertz CT molecular complexity index is 1010. The molecule has 0 unspecified atom stereocenters. The van der Waals surface area contributed by atoms with E-state index in [-0.39, 0.29) is 29.8 Å². The Balaban J connectivity index is 1.86. The van der Waals surface area contributed by atoms with Gasteiger partial charge in [0.25, 0.3) is 11.8 Å². The molecule has 0 fully saturated rings. The van der Waals surface area contributed by atoms with Crippen LogP contribution in [-0.4, -0.2) is 42.4 Å². The molecule has 156 valence electrons. The van der Waals surface area contributed by atoms with E-state index in [0.717, 1.165) is 5.56 Å². The van der Waals surface area contributed by atoms with Crippen LogP contribution in [0.2, 0.25) is 0 Å². The number of nitrogens with two attached hydrogens (primary N) is 1. The minimum Gasteiger partial charge on any atom is -0.493 e. The smallest absolute Gasteiger partial charge is 0.255 e. The zero-order valence-corrected chi connectivity index (χ0v) is 16.6.